The SMILES string of the molecule is COCCN1C(=O)c2ccccc2C(C(=O)Nc2cnc3ccccc3c2)C1c1c[nH]c2ccccc12. The predicted octanol–water partition coefficient (Wildman–Crippen LogP) is 5.28. The molecule has 2 atom stereocenters. The summed E-state index contributed by atoms with van der Waals surface area (Å²) < 4.78 is 5.36. The fourth-order valence-corrected chi connectivity index (χ4v) is 5.35. The molecule has 2 unspecified atom stereocenters. The number of hydrogen-bond donors (Lipinski definition) is 2. The number of carbonyl (C=O) groups is 2. The number of amides is 2. The van der Waals surface area contributed by atoms with Gasteiger partial charge in [0, 0.05) is 47.3 Å². The van der Waals surface area contributed by atoms with Crippen molar-refractivity contribution in [2.24, 2.45) is 0 Å². The van der Waals surface area contributed by atoms with Gasteiger partial charge in [-0.2, -0.15) is 0 Å². The summed E-state index contributed by atoms with van der Waals surface area (Å²) in [5, 5.41) is 5.01. The highest BCUT2D eigenvalue weighted by Crippen LogP contribution is 2.45. The average molecular weight is 491 g/mol. The van der Waals surface area contributed by atoms with E-state index in [0.29, 0.717) is 30.0 Å². The van der Waals surface area contributed by atoms with Gasteiger partial charge < -0.3 is 19.9 Å². The molecule has 0 bridgehead atoms. The van der Waals surface area contributed by atoms with Gasteiger partial charge in [0.25, 0.3) is 5.91 Å². The van der Waals surface area contributed by atoms with E-state index in [2.05, 4.69) is 15.3 Å². The summed E-state index contributed by atoms with van der Waals surface area (Å²) in [4.78, 5) is 37.5. The maximum absolute atomic E-state index is 14.1. The van der Waals surface area contributed by atoms with Crippen molar-refractivity contribution in [3.8, 4) is 0 Å². The Bertz CT molecular complexity index is 1630. The highest BCUT2D eigenvalue weighted by molar-refractivity contribution is 6.05. The topological polar surface area (TPSA) is 87.3 Å². The number of aromatic amines is 1. The van der Waals surface area contributed by atoms with E-state index < -0.39 is 12.0 Å². The first-order valence-electron chi connectivity index (χ1n) is 12.3. The highest BCUT2D eigenvalue weighted by Gasteiger charge is 2.44. The van der Waals surface area contributed by atoms with E-state index >= 15 is 0 Å². The largest absolute Gasteiger partial charge is 0.383 e. The average Bonchev–Trinajstić information content (AvgIpc) is 3.36. The third-order valence-electron chi connectivity index (χ3n) is 7.06. The van der Waals surface area contributed by atoms with Crippen LogP contribution >= 0.6 is 0 Å². The lowest BCUT2D eigenvalue weighted by Gasteiger charge is -2.41. The van der Waals surface area contributed by atoms with Crippen LogP contribution in [0.15, 0.2) is 91.3 Å². The number of methoxy groups -OCH3 is 1. The molecule has 0 fully saturated rings. The van der Waals surface area contributed by atoms with Crippen LogP contribution in [0.3, 0.4) is 0 Å². The molecule has 7 nitrogen and oxygen atoms in total. The van der Waals surface area contributed by atoms with Crippen molar-refractivity contribution < 1.29 is 14.3 Å². The van der Waals surface area contributed by atoms with Gasteiger partial charge in [-0.25, -0.2) is 0 Å². The zero-order chi connectivity index (χ0) is 25.4. The quantitative estimate of drug-likeness (QED) is 0.339. The normalized spacial score (nSPS) is 17.2. The van der Waals surface area contributed by atoms with Crippen molar-refractivity contribution in [1.29, 1.82) is 0 Å². The van der Waals surface area contributed by atoms with Crippen molar-refractivity contribution in [2.75, 3.05) is 25.6 Å². The molecule has 6 rings (SSSR count). The van der Waals surface area contributed by atoms with Crippen LogP contribution < -0.4 is 5.32 Å². The molecule has 0 radical (unpaired) electrons. The Balaban J connectivity index is 1.48. The van der Waals surface area contributed by atoms with E-state index in [4.69, 9.17) is 4.74 Å². The van der Waals surface area contributed by atoms with Crippen LogP contribution in [0.5, 0.6) is 0 Å². The van der Waals surface area contributed by atoms with Crippen molar-refractivity contribution in [2.45, 2.75) is 12.0 Å². The Labute approximate surface area is 214 Å². The first kappa shape index (κ1) is 22.9. The molecule has 3 heterocycles. The minimum atomic E-state index is -0.642. The van der Waals surface area contributed by atoms with Gasteiger partial charge in [0.2, 0.25) is 5.91 Å². The van der Waals surface area contributed by atoms with Crippen LogP contribution in [0.1, 0.15) is 33.4 Å². The number of nitrogens with zero attached hydrogens (tertiary/aromatic N) is 2. The van der Waals surface area contributed by atoms with E-state index in [1.165, 1.54) is 0 Å². The molecular weight excluding hydrogens is 464 g/mol. The van der Waals surface area contributed by atoms with Crippen molar-refractivity contribution >= 4 is 39.3 Å². The van der Waals surface area contributed by atoms with Crippen LogP contribution in [-0.2, 0) is 9.53 Å². The molecule has 2 N–H and O–H groups in total. The van der Waals surface area contributed by atoms with Crippen LogP contribution in [-0.4, -0.2) is 46.9 Å². The second-order valence-electron chi connectivity index (χ2n) is 9.20. The second-order valence-corrected chi connectivity index (χ2v) is 9.20. The van der Waals surface area contributed by atoms with Gasteiger partial charge in [0.1, 0.15) is 0 Å². The summed E-state index contributed by atoms with van der Waals surface area (Å²) in [6.45, 7) is 0.713. The third-order valence-corrected chi connectivity index (χ3v) is 7.06. The smallest absolute Gasteiger partial charge is 0.254 e. The molecule has 0 aliphatic carbocycles. The number of hydrogen-bond acceptors (Lipinski definition) is 4. The van der Waals surface area contributed by atoms with Gasteiger partial charge in [0.15, 0.2) is 0 Å². The Morgan fingerprint density at radius 1 is 1.03 bits per heavy atom. The number of pyridine rings is 1. The Kier molecular flexibility index (Phi) is 5.90. The van der Waals surface area contributed by atoms with E-state index in [9.17, 15) is 9.59 Å². The molecule has 2 aromatic heterocycles. The second kappa shape index (κ2) is 9.52. The molecule has 37 heavy (non-hydrogen) atoms. The van der Waals surface area contributed by atoms with E-state index in [1.54, 1.807) is 24.3 Å². The van der Waals surface area contributed by atoms with Crippen LogP contribution in [0.4, 0.5) is 5.69 Å². The van der Waals surface area contributed by atoms with Gasteiger partial charge in [0.05, 0.1) is 36.0 Å². The minimum absolute atomic E-state index is 0.112. The van der Waals surface area contributed by atoms with E-state index in [-0.39, 0.29) is 11.8 Å². The predicted molar refractivity (Wildman–Crippen MR) is 144 cm³/mol. The number of ether oxygens (including phenoxy) is 1. The van der Waals surface area contributed by atoms with E-state index in [0.717, 1.165) is 27.4 Å². The molecule has 3 aromatic carbocycles. The number of anilines is 1. The summed E-state index contributed by atoms with van der Waals surface area (Å²) in [5.74, 6) is -0.953. The zero-order valence-electron chi connectivity index (χ0n) is 20.3. The van der Waals surface area contributed by atoms with Crippen LogP contribution in [0.2, 0.25) is 0 Å². The van der Waals surface area contributed by atoms with Crippen molar-refractivity contribution in [3.63, 3.8) is 0 Å². The molecule has 184 valence electrons. The molecule has 0 saturated carbocycles. The number of fused-ring (bicyclic) bond motifs is 3. The first-order valence-corrected chi connectivity index (χ1v) is 12.3. The molecule has 5 aromatic rings. The lowest BCUT2D eigenvalue weighted by Crippen LogP contribution is -2.47. The monoisotopic (exact) mass is 490 g/mol. The molecule has 0 saturated heterocycles. The molecular formula is C30H26N4O3. The summed E-state index contributed by atoms with van der Waals surface area (Å²) in [7, 11) is 1.61. The molecule has 1 aliphatic heterocycles. The zero-order valence-corrected chi connectivity index (χ0v) is 20.3. The molecule has 7 heteroatoms. The number of aromatic nitrogens is 2. The molecule has 2 amide bonds. The third kappa shape index (κ3) is 4.03. The lowest BCUT2D eigenvalue weighted by molar-refractivity contribution is -0.119. The number of H-pyrrole nitrogens is 1. The fourth-order valence-electron chi connectivity index (χ4n) is 5.35. The number of benzene rings is 3. The van der Waals surface area contributed by atoms with Gasteiger partial charge in [-0.15, -0.1) is 0 Å². The van der Waals surface area contributed by atoms with Crippen molar-refractivity contribution in [3.05, 3.63) is 108 Å². The standard InChI is InChI=1S/C30H26N4O3/c1-37-15-14-34-28(24-18-32-26-13-7-5-9-21(24)26)27(22-10-3-4-11-23(22)30(34)36)29(35)33-20-16-19-8-2-6-12-25(19)31-17-20/h2-13,16-18,27-28,32H,14-15H2,1H3,(H,33,35). The summed E-state index contributed by atoms with van der Waals surface area (Å²) in [6, 6.07) is 24.5. The number of para-hydroxylation sites is 2. The maximum Gasteiger partial charge on any atom is 0.254 e. The van der Waals surface area contributed by atoms with Crippen molar-refractivity contribution in [1.82, 2.24) is 14.9 Å². The van der Waals surface area contributed by atoms with Gasteiger partial charge in [-0.1, -0.05) is 54.6 Å². The Hall–Kier alpha value is -4.49. The minimum Gasteiger partial charge on any atom is -0.383 e. The number of nitrogens with one attached hydrogen (secondary N) is 2. The number of carbonyl (C=O) groups excluding carboxylic acids is 2. The fraction of sp³-hybridized carbons (Fsp3) is 0.167. The Morgan fingerprint density at radius 2 is 1.81 bits per heavy atom. The summed E-state index contributed by atoms with van der Waals surface area (Å²) in [6.07, 6.45) is 3.58. The maximum atomic E-state index is 14.1. The summed E-state index contributed by atoms with van der Waals surface area (Å²) >= 11 is 0. The highest BCUT2D eigenvalue weighted by atomic mass is 16.5. The van der Waals surface area contributed by atoms with Gasteiger partial charge in [-0.3, -0.25) is 14.6 Å². The Morgan fingerprint density at radius 3 is 2.70 bits per heavy atom. The number of rotatable bonds is 6. The van der Waals surface area contributed by atoms with Crippen LogP contribution in [0, 0.1) is 0 Å². The lowest BCUT2D eigenvalue weighted by atomic mass is 9.79. The van der Waals surface area contributed by atoms with Gasteiger partial charge >= 0.3 is 0 Å². The van der Waals surface area contributed by atoms with E-state index in [1.807, 2.05) is 79.0 Å². The van der Waals surface area contributed by atoms with Gasteiger partial charge in [-0.05, 0) is 29.8 Å². The van der Waals surface area contributed by atoms with Crippen LogP contribution in [0.25, 0.3) is 21.8 Å². The molecule has 1 aliphatic rings. The first-order chi connectivity index (χ1) is 18.2. The summed E-state index contributed by atoms with van der Waals surface area (Å²) in [5.41, 5.74) is 4.56. The molecule has 0 spiro atoms.